The summed E-state index contributed by atoms with van der Waals surface area (Å²) in [6, 6.07) is 4.63. The molecule has 1 rings (SSSR count). The number of aliphatic hydroxyl groups excluding tert-OH is 1. The van der Waals surface area contributed by atoms with E-state index in [1.807, 2.05) is 13.8 Å². The van der Waals surface area contributed by atoms with Crippen LogP contribution in [0.25, 0.3) is 0 Å². The fourth-order valence-electron chi connectivity index (χ4n) is 1.49. The maximum Gasteiger partial charge on any atom is 0.146 e. The summed E-state index contributed by atoms with van der Waals surface area (Å²) in [5.41, 5.74) is 0.412. The van der Waals surface area contributed by atoms with E-state index >= 15 is 0 Å². The van der Waals surface area contributed by atoms with Crippen LogP contribution in [0.1, 0.15) is 31.9 Å². The lowest BCUT2D eigenvalue weighted by molar-refractivity contribution is 0.231. The second-order valence-corrected chi connectivity index (χ2v) is 4.26. The molecular weight excluding hydrogens is 229 g/mol. The summed E-state index contributed by atoms with van der Waals surface area (Å²) >= 11 is 5.70. The normalized spacial score (nSPS) is 14.8. The standard InChI is InChI=1S/C12H17ClFNO/c1-3-8(2)15-11(7-16)9-5-4-6-10(13)12(9)14/h4-6,8,11,15-16H,3,7H2,1-2H3. The van der Waals surface area contributed by atoms with Gasteiger partial charge in [-0.2, -0.15) is 0 Å². The van der Waals surface area contributed by atoms with Crippen LogP contribution >= 0.6 is 11.6 Å². The zero-order valence-corrected chi connectivity index (χ0v) is 10.3. The molecule has 2 unspecified atom stereocenters. The average molecular weight is 246 g/mol. The van der Waals surface area contributed by atoms with Gasteiger partial charge in [-0.15, -0.1) is 0 Å². The summed E-state index contributed by atoms with van der Waals surface area (Å²) in [4.78, 5) is 0. The van der Waals surface area contributed by atoms with Gasteiger partial charge in [-0.05, 0) is 19.4 Å². The van der Waals surface area contributed by atoms with Crippen molar-refractivity contribution < 1.29 is 9.50 Å². The van der Waals surface area contributed by atoms with Crippen molar-refractivity contribution in [1.29, 1.82) is 0 Å². The fourth-order valence-corrected chi connectivity index (χ4v) is 1.67. The number of nitrogens with one attached hydrogen (secondary N) is 1. The molecule has 1 aromatic rings. The zero-order valence-electron chi connectivity index (χ0n) is 9.50. The molecule has 2 nitrogen and oxygen atoms in total. The Morgan fingerprint density at radius 2 is 2.19 bits per heavy atom. The topological polar surface area (TPSA) is 32.3 Å². The molecule has 16 heavy (non-hydrogen) atoms. The van der Waals surface area contributed by atoms with E-state index in [1.165, 1.54) is 6.07 Å². The minimum absolute atomic E-state index is 0.0851. The number of hydrogen-bond acceptors (Lipinski definition) is 2. The van der Waals surface area contributed by atoms with E-state index in [9.17, 15) is 9.50 Å². The lowest BCUT2D eigenvalue weighted by Gasteiger charge is -2.21. The molecule has 0 radical (unpaired) electrons. The van der Waals surface area contributed by atoms with E-state index in [2.05, 4.69) is 5.32 Å². The Balaban J connectivity index is 2.90. The number of rotatable bonds is 5. The average Bonchev–Trinajstić information content (AvgIpc) is 2.29. The molecule has 4 heteroatoms. The first-order chi connectivity index (χ1) is 7.60. The smallest absolute Gasteiger partial charge is 0.146 e. The van der Waals surface area contributed by atoms with Crippen molar-refractivity contribution >= 4 is 11.6 Å². The molecule has 0 saturated carbocycles. The molecule has 2 atom stereocenters. The molecular formula is C12H17ClFNO. The van der Waals surface area contributed by atoms with Gasteiger partial charge in [0, 0.05) is 11.6 Å². The Hall–Kier alpha value is -0.640. The maximum absolute atomic E-state index is 13.7. The van der Waals surface area contributed by atoms with Gasteiger partial charge in [-0.25, -0.2) is 4.39 Å². The Morgan fingerprint density at radius 3 is 2.75 bits per heavy atom. The van der Waals surface area contributed by atoms with Crippen molar-refractivity contribution in [2.45, 2.75) is 32.4 Å². The van der Waals surface area contributed by atoms with E-state index in [0.29, 0.717) is 5.56 Å². The third kappa shape index (κ3) is 3.17. The summed E-state index contributed by atoms with van der Waals surface area (Å²) < 4.78 is 13.7. The van der Waals surface area contributed by atoms with Crippen molar-refractivity contribution in [2.24, 2.45) is 0 Å². The van der Waals surface area contributed by atoms with E-state index in [0.717, 1.165) is 6.42 Å². The van der Waals surface area contributed by atoms with E-state index < -0.39 is 11.9 Å². The quantitative estimate of drug-likeness (QED) is 0.836. The Bertz CT molecular complexity index is 346. The van der Waals surface area contributed by atoms with Crippen LogP contribution in [0.5, 0.6) is 0 Å². The second-order valence-electron chi connectivity index (χ2n) is 3.85. The first kappa shape index (κ1) is 13.4. The number of benzene rings is 1. The maximum atomic E-state index is 13.7. The number of aliphatic hydroxyl groups is 1. The van der Waals surface area contributed by atoms with E-state index in [1.54, 1.807) is 12.1 Å². The lowest BCUT2D eigenvalue weighted by atomic mass is 10.1. The first-order valence-electron chi connectivity index (χ1n) is 5.41. The SMILES string of the molecule is CCC(C)NC(CO)c1cccc(Cl)c1F. The van der Waals surface area contributed by atoms with Gasteiger partial charge in [0.25, 0.3) is 0 Å². The van der Waals surface area contributed by atoms with Crippen LogP contribution < -0.4 is 5.32 Å². The number of halogens is 2. The minimum Gasteiger partial charge on any atom is -0.394 e. The summed E-state index contributed by atoms with van der Waals surface area (Å²) in [6.45, 7) is 3.87. The van der Waals surface area contributed by atoms with E-state index in [4.69, 9.17) is 11.6 Å². The van der Waals surface area contributed by atoms with E-state index in [-0.39, 0.29) is 17.7 Å². The lowest BCUT2D eigenvalue weighted by Crippen LogP contribution is -2.32. The van der Waals surface area contributed by atoms with Crippen LogP contribution in [0.3, 0.4) is 0 Å². The van der Waals surface area contributed by atoms with Crippen molar-refractivity contribution in [3.8, 4) is 0 Å². The van der Waals surface area contributed by atoms with Gasteiger partial charge in [0.2, 0.25) is 0 Å². The summed E-state index contributed by atoms with van der Waals surface area (Å²) in [7, 11) is 0. The highest BCUT2D eigenvalue weighted by Gasteiger charge is 2.17. The van der Waals surface area contributed by atoms with Gasteiger partial charge in [-0.3, -0.25) is 0 Å². The highest BCUT2D eigenvalue weighted by atomic mass is 35.5. The second kappa shape index (κ2) is 6.18. The van der Waals surface area contributed by atoms with Gasteiger partial charge in [0.15, 0.2) is 0 Å². The van der Waals surface area contributed by atoms with Crippen LogP contribution in [0.4, 0.5) is 4.39 Å². The molecule has 0 bridgehead atoms. The van der Waals surface area contributed by atoms with Crippen molar-refractivity contribution in [2.75, 3.05) is 6.61 Å². The fraction of sp³-hybridized carbons (Fsp3) is 0.500. The molecule has 0 fully saturated rings. The van der Waals surface area contributed by atoms with Gasteiger partial charge >= 0.3 is 0 Å². The molecule has 0 saturated heterocycles. The first-order valence-corrected chi connectivity index (χ1v) is 5.78. The molecule has 90 valence electrons. The van der Waals surface area contributed by atoms with Crippen LogP contribution in [0, 0.1) is 5.82 Å². The molecule has 0 aliphatic carbocycles. The molecule has 0 aliphatic heterocycles. The molecule has 1 aromatic carbocycles. The highest BCUT2D eigenvalue weighted by molar-refractivity contribution is 6.30. The predicted octanol–water partition coefficient (Wildman–Crippen LogP) is 2.90. The molecule has 0 spiro atoms. The monoisotopic (exact) mass is 245 g/mol. The zero-order chi connectivity index (χ0) is 12.1. The molecule has 0 aromatic heterocycles. The van der Waals surface area contributed by atoms with Crippen LogP contribution in [-0.2, 0) is 0 Å². The summed E-state index contributed by atoms with van der Waals surface area (Å²) in [6.07, 6.45) is 0.915. The third-order valence-corrected chi connectivity index (χ3v) is 2.93. The third-order valence-electron chi connectivity index (χ3n) is 2.64. The minimum atomic E-state index is -0.459. The Morgan fingerprint density at radius 1 is 1.50 bits per heavy atom. The van der Waals surface area contributed by atoms with Gasteiger partial charge in [0.1, 0.15) is 5.82 Å². The molecule has 0 aliphatic rings. The van der Waals surface area contributed by atoms with Crippen LogP contribution in [-0.4, -0.2) is 17.8 Å². The van der Waals surface area contributed by atoms with Gasteiger partial charge in [-0.1, -0.05) is 30.7 Å². The van der Waals surface area contributed by atoms with Crippen LogP contribution in [0.2, 0.25) is 5.02 Å². The Kier molecular flexibility index (Phi) is 5.19. The van der Waals surface area contributed by atoms with Gasteiger partial charge in [0.05, 0.1) is 17.7 Å². The van der Waals surface area contributed by atoms with Gasteiger partial charge < -0.3 is 10.4 Å². The molecule has 2 N–H and O–H groups in total. The largest absolute Gasteiger partial charge is 0.394 e. The number of hydrogen-bond donors (Lipinski definition) is 2. The highest BCUT2D eigenvalue weighted by Crippen LogP contribution is 2.23. The summed E-state index contributed by atoms with van der Waals surface area (Å²) in [5.74, 6) is -0.459. The van der Waals surface area contributed by atoms with Crippen molar-refractivity contribution in [1.82, 2.24) is 5.32 Å². The molecule has 0 amide bonds. The van der Waals surface area contributed by atoms with Crippen molar-refractivity contribution in [3.63, 3.8) is 0 Å². The predicted molar refractivity (Wildman–Crippen MR) is 64.1 cm³/mol. The van der Waals surface area contributed by atoms with Crippen molar-refractivity contribution in [3.05, 3.63) is 34.6 Å². The summed E-state index contributed by atoms with van der Waals surface area (Å²) in [5, 5.41) is 12.5. The van der Waals surface area contributed by atoms with Crippen LogP contribution in [0.15, 0.2) is 18.2 Å². The Labute approximate surface area is 100 Å². The molecule has 0 heterocycles.